The second kappa shape index (κ2) is 1.76. The van der Waals surface area contributed by atoms with E-state index in [-0.39, 0.29) is 5.90 Å². The van der Waals surface area contributed by atoms with E-state index in [0.29, 0.717) is 0 Å². The van der Waals surface area contributed by atoms with Crippen LogP contribution in [0.25, 0.3) is 0 Å². The van der Waals surface area contributed by atoms with Crippen LogP contribution in [0, 0.1) is 0 Å². The normalized spacial score (nSPS) is 12.0. The molecule has 0 aliphatic rings. The van der Waals surface area contributed by atoms with Gasteiger partial charge in [0, 0.05) is 7.05 Å². The van der Waals surface area contributed by atoms with E-state index in [1.807, 2.05) is 0 Å². The van der Waals surface area contributed by atoms with E-state index in [4.69, 9.17) is 0 Å². The number of aliphatic imine (C=N–C) groups is 1. The van der Waals surface area contributed by atoms with Gasteiger partial charge in [-0.15, -0.1) is 0 Å². The summed E-state index contributed by atoms with van der Waals surface area (Å²) in [6, 6.07) is 0. The molecule has 0 saturated carbocycles. The Kier molecular flexibility index (Phi) is 1.57. The van der Waals surface area contributed by atoms with Crippen LogP contribution in [0.2, 0.25) is 0 Å². The lowest BCUT2D eigenvalue weighted by atomic mass is 10.8. The van der Waals surface area contributed by atoms with Crippen molar-refractivity contribution in [2.45, 2.75) is 6.92 Å². The number of nitrogens with zero attached hydrogens (tertiary/aromatic N) is 1. The fraction of sp³-hybridized carbons (Fsp3) is 0.667. The minimum atomic E-state index is -0.120. The third-order valence-corrected chi connectivity index (χ3v) is 0.315. The quantitative estimate of drug-likeness (QED) is 0.278. The molecule has 0 radical (unpaired) electrons. The van der Waals surface area contributed by atoms with E-state index in [1.54, 1.807) is 0 Å². The molecule has 0 amide bonds. The fourth-order valence-corrected chi connectivity index (χ4v) is 0. The van der Waals surface area contributed by atoms with Gasteiger partial charge in [-0.1, -0.05) is 0 Å². The molecule has 0 bridgehead atoms. The SMILES string of the molecule is CN=C(C)[O-]. The Balaban J connectivity index is 3.14. The van der Waals surface area contributed by atoms with Crippen LogP contribution in [0.15, 0.2) is 4.99 Å². The molecule has 0 aromatic heterocycles. The van der Waals surface area contributed by atoms with Crippen LogP contribution in [-0.4, -0.2) is 12.9 Å². The molecular weight excluding hydrogens is 66.0 g/mol. The maximum absolute atomic E-state index is 9.65. The second-order valence-electron chi connectivity index (χ2n) is 0.743. The van der Waals surface area contributed by atoms with Crippen LogP contribution in [0.3, 0.4) is 0 Å². The summed E-state index contributed by atoms with van der Waals surface area (Å²) in [6.45, 7) is 1.42. The molecular formula is C3H6NO-. The highest BCUT2D eigenvalue weighted by Gasteiger charge is 1.49. The van der Waals surface area contributed by atoms with Crippen molar-refractivity contribution in [3.8, 4) is 0 Å². The lowest BCUT2D eigenvalue weighted by Crippen LogP contribution is -2.10. The van der Waals surface area contributed by atoms with Gasteiger partial charge in [0.25, 0.3) is 0 Å². The number of hydrogen-bond acceptors (Lipinski definition) is 2. The predicted octanol–water partition coefficient (Wildman–Crippen LogP) is -0.605. The molecule has 30 valence electrons. The van der Waals surface area contributed by atoms with Gasteiger partial charge in [-0.2, -0.15) is 0 Å². The molecule has 5 heavy (non-hydrogen) atoms. The van der Waals surface area contributed by atoms with E-state index >= 15 is 0 Å². The maximum atomic E-state index is 9.65. The first kappa shape index (κ1) is 4.47. The zero-order chi connectivity index (χ0) is 4.28. The Bertz CT molecular complexity index is 44.9. The van der Waals surface area contributed by atoms with Gasteiger partial charge in [-0.3, -0.25) is 0 Å². The van der Waals surface area contributed by atoms with Crippen LogP contribution in [0.4, 0.5) is 0 Å². The molecule has 0 aromatic rings. The third-order valence-electron chi connectivity index (χ3n) is 0.315. The third kappa shape index (κ3) is 3.47. The van der Waals surface area contributed by atoms with Gasteiger partial charge in [0.2, 0.25) is 0 Å². The van der Waals surface area contributed by atoms with E-state index in [0.717, 1.165) is 0 Å². The highest BCUT2D eigenvalue weighted by atomic mass is 16.3. The Morgan fingerprint density at radius 3 is 2.00 bits per heavy atom. The molecule has 0 N–H and O–H groups in total. The highest BCUT2D eigenvalue weighted by molar-refractivity contribution is 5.67. The van der Waals surface area contributed by atoms with Crippen LogP contribution < -0.4 is 5.11 Å². The minimum Gasteiger partial charge on any atom is -0.862 e. The van der Waals surface area contributed by atoms with Crippen molar-refractivity contribution < 1.29 is 5.11 Å². The zero-order valence-electron chi connectivity index (χ0n) is 3.36. The van der Waals surface area contributed by atoms with Crippen molar-refractivity contribution >= 4 is 5.90 Å². The molecule has 0 saturated heterocycles. The average molecular weight is 72.1 g/mol. The van der Waals surface area contributed by atoms with Crippen molar-refractivity contribution in [3.05, 3.63) is 0 Å². The molecule has 2 nitrogen and oxygen atoms in total. The molecule has 0 aliphatic carbocycles. The lowest BCUT2D eigenvalue weighted by molar-refractivity contribution is -0.215. The summed E-state index contributed by atoms with van der Waals surface area (Å²) in [4.78, 5) is 3.25. The van der Waals surface area contributed by atoms with E-state index in [9.17, 15) is 5.11 Å². The summed E-state index contributed by atoms with van der Waals surface area (Å²) in [5, 5.41) is 9.65. The zero-order valence-corrected chi connectivity index (χ0v) is 3.36. The standard InChI is InChI=1S/C3H7NO/c1-3(5)4-2/h1-2H3,(H,4,5)/p-1. The predicted molar refractivity (Wildman–Crippen MR) is 19.0 cm³/mol. The Morgan fingerprint density at radius 1 is 1.80 bits per heavy atom. The molecule has 2 heteroatoms. The van der Waals surface area contributed by atoms with Crippen molar-refractivity contribution in [3.63, 3.8) is 0 Å². The maximum Gasteiger partial charge on any atom is 0.0265 e. The van der Waals surface area contributed by atoms with Crippen LogP contribution in [0.1, 0.15) is 6.92 Å². The number of hydrogen-bond donors (Lipinski definition) is 0. The van der Waals surface area contributed by atoms with Gasteiger partial charge in [0.1, 0.15) is 0 Å². The van der Waals surface area contributed by atoms with Gasteiger partial charge in [0.15, 0.2) is 0 Å². The van der Waals surface area contributed by atoms with Gasteiger partial charge in [0.05, 0.1) is 0 Å². The monoisotopic (exact) mass is 72.0 g/mol. The number of rotatable bonds is 0. The Morgan fingerprint density at radius 2 is 2.00 bits per heavy atom. The Labute approximate surface area is 31.2 Å². The van der Waals surface area contributed by atoms with Crippen molar-refractivity contribution in [1.29, 1.82) is 0 Å². The molecule has 0 heterocycles. The highest BCUT2D eigenvalue weighted by Crippen LogP contribution is 1.51. The summed E-state index contributed by atoms with van der Waals surface area (Å²) in [5.41, 5.74) is 0. The van der Waals surface area contributed by atoms with E-state index in [1.165, 1.54) is 14.0 Å². The molecule has 0 atom stereocenters. The van der Waals surface area contributed by atoms with E-state index < -0.39 is 0 Å². The molecule has 0 unspecified atom stereocenters. The summed E-state index contributed by atoms with van der Waals surface area (Å²) in [5.74, 6) is -0.120. The van der Waals surface area contributed by atoms with Gasteiger partial charge in [-0.25, -0.2) is 0 Å². The van der Waals surface area contributed by atoms with Crippen molar-refractivity contribution in [2.24, 2.45) is 4.99 Å². The molecule has 0 rings (SSSR count). The largest absolute Gasteiger partial charge is 0.862 e. The second-order valence-corrected chi connectivity index (χ2v) is 0.743. The first-order valence-electron chi connectivity index (χ1n) is 1.37. The van der Waals surface area contributed by atoms with Gasteiger partial charge >= 0.3 is 0 Å². The summed E-state index contributed by atoms with van der Waals surface area (Å²) < 4.78 is 0. The minimum absolute atomic E-state index is 0.120. The first-order valence-corrected chi connectivity index (χ1v) is 1.37. The van der Waals surface area contributed by atoms with Crippen molar-refractivity contribution in [2.75, 3.05) is 7.05 Å². The van der Waals surface area contributed by atoms with Crippen molar-refractivity contribution in [1.82, 2.24) is 0 Å². The van der Waals surface area contributed by atoms with Crippen LogP contribution in [0.5, 0.6) is 0 Å². The molecule has 0 aliphatic heterocycles. The fourth-order valence-electron chi connectivity index (χ4n) is 0. The summed E-state index contributed by atoms with van der Waals surface area (Å²) >= 11 is 0. The average Bonchev–Trinajstić information content (AvgIpc) is 1.38. The lowest BCUT2D eigenvalue weighted by Gasteiger charge is -1.94. The van der Waals surface area contributed by atoms with Crippen LogP contribution >= 0.6 is 0 Å². The summed E-state index contributed by atoms with van der Waals surface area (Å²) in [6.07, 6.45) is 0. The first-order chi connectivity index (χ1) is 2.27. The molecule has 0 spiro atoms. The topological polar surface area (TPSA) is 35.4 Å². The van der Waals surface area contributed by atoms with Crippen LogP contribution in [-0.2, 0) is 0 Å². The molecule has 0 fully saturated rings. The van der Waals surface area contributed by atoms with Gasteiger partial charge < -0.3 is 10.1 Å². The smallest absolute Gasteiger partial charge is 0.0265 e. The van der Waals surface area contributed by atoms with Gasteiger partial charge in [-0.05, 0) is 12.8 Å². The Hall–Kier alpha value is -0.530. The summed E-state index contributed by atoms with van der Waals surface area (Å²) in [7, 11) is 1.47. The van der Waals surface area contributed by atoms with E-state index in [2.05, 4.69) is 4.99 Å². The molecule has 0 aromatic carbocycles.